The van der Waals surface area contributed by atoms with Crippen LogP contribution in [-0.4, -0.2) is 52.6 Å². The van der Waals surface area contributed by atoms with Gasteiger partial charge in [-0.25, -0.2) is 15.0 Å². The molecule has 0 spiro atoms. The zero-order valence-corrected chi connectivity index (χ0v) is 18.8. The summed E-state index contributed by atoms with van der Waals surface area (Å²) in [5, 5.41) is 6.08. The number of benzene rings is 1. The van der Waals surface area contributed by atoms with E-state index in [0.29, 0.717) is 29.1 Å². The molecule has 0 radical (unpaired) electrons. The molecule has 0 bridgehead atoms. The van der Waals surface area contributed by atoms with Gasteiger partial charge in [0.1, 0.15) is 17.9 Å². The Morgan fingerprint density at radius 2 is 1.82 bits per heavy atom. The normalized spacial score (nSPS) is 21.2. The maximum atomic E-state index is 12.9. The lowest BCUT2D eigenvalue weighted by Gasteiger charge is -2.24. The lowest BCUT2D eigenvalue weighted by atomic mass is 10.1. The number of ether oxygens (including phenoxy) is 1. The minimum atomic E-state index is -3.81. The zero-order valence-electron chi connectivity index (χ0n) is 18.1. The van der Waals surface area contributed by atoms with Crippen molar-refractivity contribution in [3.05, 3.63) is 60.8 Å². The van der Waals surface area contributed by atoms with Gasteiger partial charge < -0.3 is 20.3 Å². The van der Waals surface area contributed by atoms with Crippen LogP contribution in [-0.2, 0) is 0 Å². The number of alkyl halides is 3. The van der Waals surface area contributed by atoms with Gasteiger partial charge >= 0.3 is 5.57 Å². The predicted octanol–water partition coefficient (Wildman–Crippen LogP) is 3.61. The summed E-state index contributed by atoms with van der Waals surface area (Å²) in [6.45, 7) is 1.79. The van der Waals surface area contributed by atoms with Crippen molar-refractivity contribution in [1.82, 2.24) is 20.3 Å². The van der Waals surface area contributed by atoms with Gasteiger partial charge in [0.05, 0.1) is 5.56 Å². The maximum absolute atomic E-state index is 12.9. The Balaban J connectivity index is 1.36. The highest BCUT2D eigenvalue weighted by Gasteiger charge is 2.55. The molecule has 1 saturated carbocycles. The van der Waals surface area contributed by atoms with E-state index >= 15 is 0 Å². The fourth-order valence-corrected chi connectivity index (χ4v) is 4.64. The Labute approximate surface area is 199 Å². The van der Waals surface area contributed by atoms with E-state index in [1.165, 1.54) is 36.8 Å². The summed E-state index contributed by atoms with van der Waals surface area (Å²) >= 11 is 4.77. The van der Waals surface area contributed by atoms with Crippen LogP contribution in [0.4, 0.5) is 20.3 Å². The Hall–Kier alpha value is -3.37. The molecule has 5 rings (SSSR count). The van der Waals surface area contributed by atoms with E-state index in [-0.39, 0.29) is 5.75 Å². The number of halogens is 3. The summed E-state index contributed by atoms with van der Waals surface area (Å²) < 4.78 is 29.8. The van der Waals surface area contributed by atoms with Gasteiger partial charge in [-0.1, -0.05) is 0 Å². The van der Waals surface area contributed by atoms with Gasteiger partial charge in [-0.05, 0) is 49.2 Å². The Morgan fingerprint density at radius 1 is 1.15 bits per heavy atom. The largest absolute Gasteiger partial charge is 0.487 e. The molecule has 1 unspecified atom stereocenters. The van der Waals surface area contributed by atoms with Crippen LogP contribution >= 0.6 is 11.6 Å². The molecule has 3 heterocycles. The standard InChI is InChI=1S/C23H21ClF2N6O2/c1-27-20-18-10-32(11-19(18)20)21-17(14-7-28-12-29-8-14)6-13(9-30-21)22(33)31-15-2-4-16(5-3-15)34-23(24,25)26/h2-9,12,18-20,27H,10-11H2,1H3,(H,31,33)/t18-,19+,20?. The molecule has 1 aliphatic heterocycles. The number of rotatable bonds is 7. The van der Waals surface area contributed by atoms with Gasteiger partial charge in [0.25, 0.3) is 5.91 Å². The molecule has 1 aromatic carbocycles. The van der Waals surface area contributed by atoms with Crippen LogP contribution in [0.25, 0.3) is 11.1 Å². The topological polar surface area (TPSA) is 92.3 Å². The Bertz CT molecular complexity index is 1180. The van der Waals surface area contributed by atoms with Crippen molar-refractivity contribution < 1.29 is 18.3 Å². The van der Waals surface area contributed by atoms with Gasteiger partial charge in [0, 0.05) is 66.1 Å². The average molecular weight is 487 g/mol. The number of aromatic nitrogens is 3. The van der Waals surface area contributed by atoms with Gasteiger partial charge in [-0.3, -0.25) is 4.79 Å². The molecule has 8 nitrogen and oxygen atoms in total. The molecule has 1 aliphatic carbocycles. The fraction of sp³-hybridized carbons (Fsp3) is 0.304. The number of carbonyl (C=O) groups excluding carboxylic acids is 1. The molecular weight excluding hydrogens is 466 g/mol. The Morgan fingerprint density at radius 3 is 2.44 bits per heavy atom. The van der Waals surface area contributed by atoms with Crippen molar-refractivity contribution in [2.45, 2.75) is 11.6 Å². The van der Waals surface area contributed by atoms with Gasteiger partial charge in [-0.2, -0.15) is 0 Å². The van der Waals surface area contributed by atoms with E-state index in [9.17, 15) is 13.6 Å². The SMILES string of the molecule is CNC1[C@H]2CN(c3ncc(C(=O)Nc4ccc(OC(F)(F)Cl)cc4)cc3-c3cncnc3)C[C@@H]12. The monoisotopic (exact) mass is 486 g/mol. The highest BCUT2D eigenvalue weighted by Crippen LogP contribution is 2.47. The van der Waals surface area contributed by atoms with Crippen LogP contribution < -0.4 is 20.3 Å². The van der Waals surface area contributed by atoms with Crippen molar-refractivity contribution in [1.29, 1.82) is 0 Å². The first kappa shape index (κ1) is 22.4. The van der Waals surface area contributed by atoms with E-state index < -0.39 is 11.5 Å². The number of amides is 1. The molecule has 176 valence electrons. The van der Waals surface area contributed by atoms with Crippen molar-refractivity contribution in [3.8, 4) is 16.9 Å². The van der Waals surface area contributed by atoms with Gasteiger partial charge in [0.15, 0.2) is 0 Å². The summed E-state index contributed by atoms with van der Waals surface area (Å²) in [5.74, 6) is 1.46. The molecule has 3 aromatic rings. The van der Waals surface area contributed by atoms with Crippen LogP contribution in [0.15, 0.2) is 55.2 Å². The first-order valence-corrected chi connectivity index (χ1v) is 11.0. The highest BCUT2D eigenvalue weighted by atomic mass is 35.5. The fourth-order valence-electron chi connectivity index (χ4n) is 4.56. The molecule has 3 atom stereocenters. The van der Waals surface area contributed by atoms with Crippen LogP contribution in [0.2, 0.25) is 0 Å². The Kier molecular flexibility index (Phi) is 5.78. The second kappa shape index (κ2) is 8.77. The quantitative estimate of drug-likeness (QED) is 0.493. The number of hydrogen-bond acceptors (Lipinski definition) is 7. The van der Waals surface area contributed by atoms with Crippen molar-refractivity contribution in [2.24, 2.45) is 11.8 Å². The first-order chi connectivity index (χ1) is 16.3. The predicted molar refractivity (Wildman–Crippen MR) is 123 cm³/mol. The number of hydrogen-bond donors (Lipinski definition) is 2. The highest BCUT2D eigenvalue weighted by molar-refractivity contribution is 6.20. The summed E-state index contributed by atoms with van der Waals surface area (Å²) in [4.78, 5) is 28.0. The number of nitrogens with one attached hydrogen (secondary N) is 2. The number of carbonyl (C=O) groups is 1. The zero-order chi connectivity index (χ0) is 23.9. The summed E-state index contributed by atoms with van der Waals surface area (Å²) in [5.41, 5.74) is -1.54. The van der Waals surface area contributed by atoms with Crippen molar-refractivity contribution in [2.75, 3.05) is 30.4 Å². The molecular formula is C23H21ClF2N6O2. The van der Waals surface area contributed by atoms with E-state index in [2.05, 4.69) is 35.2 Å². The van der Waals surface area contributed by atoms with Crippen molar-refractivity contribution >= 4 is 29.0 Å². The molecule has 2 N–H and O–H groups in total. The number of pyridine rings is 1. The maximum Gasteiger partial charge on any atom is 0.487 e. The lowest BCUT2D eigenvalue weighted by Crippen LogP contribution is -2.30. The van der Waals surface area contributed by atoms with Gasteiger partial charge in [0.2, 0.25) is 0 Å². The smallest absolute Gasteiger partial charge is 0.420 e. The van der Waals surface area contributed by atoms with E-state index in [1.54, 1.807) is 18.5 Å². The number of nitrogens with zero attached hydrogens (tertiary/aromatic N) is 4. The molecule has 2 fully saturated rings. The van der Waals surface area contributed by atoms with Crippen LogP contribution in [0.1, 0.15) is 10.4 Å². The number of piperidine rings is 1. The first-order valence-electron chi connectivity index (χ1n) is 10.7. The van der Waals surface area contributed by atoms with Crippen LogP contribution in [0.5, 0.6) is 5.75 Å². The van der Waals surface area contributed by atoms with Crippen LogP contribution in [0, 0.1) is 11.8 Å². The van der Waals surface area contributed by atoms with E-state index in [4.69, 9.17) is 11.6 Å². The summed E-state index contributed by atoms with van der Waals surface area (Å²) in [7, 11) is 1.99. The molecule has 2 aromatic heterocycles. The third-order valence-electron chi connectivity index (χ3n) is 6.17. The third-order valence-corrected chi connectivity index (χ3v) is 6.25. The van der Waals surface area contributed by atoms with Crippen LogP contribution in [0.3, 0.4) is 0 Å². The van der Waals surface area contributed by atoms with E-state index in [0.717, 1.165) is 30.0 Å². The lowest BCUT2D eigenvalue weighted by molar-refractivity contribution is -0.0964. The minimum Gasteiger partial charge on any atom is -0.420 e. The second-order valence-electron chi connectivity index (χ2n) is 8.30. The molecule has 2 aliphatic rings. The number of anilines is 2. The second-order valence-corrected chi connectivity index (χ2v) is 8.74. The molecule has 34 heavy (non-hydrogen) atoms. The summed E-state index contributed by atoms with van der Waals surface area (Å²) in [6, 6.07) is 7.78. The van der Waals surface area contributed by atoms with Gasteiger partial charge in [-0.15, -0.1) is 8.78 Å². The minimum absolute atomic E-state index is 0.125. The third kappa shape index (κ3) is 4.64. The number of fused-ring (bicyclic) bond motifs is 1. The van der Waals surface area contributed by atoms with Crippen molar-refractivity contribution in [3.63, 3.8) is 0 Å². The van der Waals surface area contributed by atoms with E-state index in [1.807, 2.05) is 7.05 Å². The average Bonchev–Trinajstić information content (AvgIpc) is 3.30. The molecule has 1 amide bonds. The molecule has 11 heteroatoms. The molecule has 1 saturated heterocycles. The summed E-state index contributed by atoms with van der Waals surface area (Å²) in [6.07, 6.45) is 6.35.